The lowest BCUT2D eigenvalue weighted by molar-refractivity contribution is -0.118. The van der Waals surface area contributed by atoms with Crippen molar-refractivity contribution in [2.45, 2.75) is 19.4 Å². The van der Waals surface area contributed by atoms with Gasteiger partial charge in [-0.25, -0.2) is 0 Å². The molecular formula is C13H15ClN2O. The molecule has 0 aliphatic heterocycles. The number of likely N-dealkylation sites (N-methyl/N-ethyl adjacent to an activating group) is 1. The summed E-state index contributed by atoms with van der Waals surface area (Å²) in [5.41, 5.74) is 2.14. The zero-order chi connectivity index (χ0) is 12.4. The highest BCUT2D eigenvalue weighted by atomic mass is 35.5. The van der Waals surface area contributed by atoms with Crippen molar-refractivity contribution in [3.63, 3.8) is 0 Å². The molecule has 0 unspecified atom stereocenters. The van der Waals surface area contributed by atoms with E-state index in [9.17, 15) is 4.79 Å². The third-order valence-electron chi connectivity index (χ3n) is 2.99. The second-order valence-electron chi connectivity index (χ2n) is 4.16. The van der Waals surface area contributed by atoms with E-state index in [2.05, 4.69) is 10.3 Å². The van der Waals surface area contributed by atoms with E-state index in [-0.39, 0.29) is 11.8 Å². The Morgan fingerprint density at radius 2 is 2.29 bits per heavy atom. The molecule has 0 spiro atoms. The second-order valence-corrected chi connectivity index (χ2v) is 4.60. The van der Waals surface area contributed by atoms with E-state index < -0.39 is 0 Å². The van der Waals surface area contributed by atoms with Gasteiger partial charge in [-0.2, -0.15) is 0 Å². The zero-order valence-electron chi connectivity index (χ0n) is 9.88. The van der Waals surface area contributed by atoms with E-state index in [1.807, 2.05) is 24.4 Å². The van der Waals surface area contributed by atoms with Crippen molar-refractivity contribution >= 4 is 28.3 Å². The molecule has 17 heavy (non-hydrogen) atoms. The minimum atomic E-state index is -0.135. The summed E-state index contributed by atoms with van der Waals surface area (Å²) in [5, 5.41) is 4.86. The maximum Gasteiger partial charge on any atom is 0.147 e. The second kappa shape index (κ2) is 4.90. The number of nitrogens with one attached hydrogen (secondary N) is 2. The molecule has 90 valence electrons. The average Bonchev–Trinajstić information content (AvgIpc) is 2.67. The van der Waals surface area contributed by atoms with Crippen LogP contribution in [0.25, 0.3) is 10.9 Å². The van der Waals surface area contributed by atoms with Crippen LogP contribution in [-0.4, -0.2) is 23.9 Å². The third-order valence-corrected chi connectivity index (χ3v) is 3.23. The average molecular weight is 251 g/mol. The van der Waals surface area contributed by atoms with Crippen LogP contribution >= 0.6 is 11.6 Å². The van der Waals surface area contributed by atoms with E-state index in [0.29, 0.717) is 11.4 Å². The maximum atomic E-state index is 11.4. The molecule has 0 bridgehead atoms. The molecule has 1 aromatic heterocycles. The van der Waals surface area contributed by atoms with Gasteiger partial charge in [0.05, 0.1) is 6.04 Å². The Balaban J connectivity index is 2.33. The lowest BCUT2D eigenvalue weighted by Crippen LogP contribution is -2.34. The minimum Gasteiger partial charge on any atom is -0.361 e. The fourth-order valence-corrected chi connectivity index (χ4v) is 2.17. The van der Waals surface area contributed by atoms with E-state index in [4.69, 9.17) is 11.6 Å². The molecule has 1 heterocycles. The van der Waals surface area contributed by atoms with Gasteiger partial charge < -0.3 is 10.3 Å². The minimum absolute atomic E-state index is 0.135. The molecule has 0 amide bonds. The largest absolute Gasteiger partial charge is 0.361 e. The van der Waals surface area contributed by atoms with Gasteiger partial charge in [0.15, 0.2) is 0 Å². The standard InChI is InChI=1S/C13H15ClN2O/c1-8(17)12(15-2)5-9-7-16-13-6-10(14)3-4-11(9)13/h3-4,6-7,12,15-16H,5H2,1-2H3/t12-/m0/s1. The predicted octanol–water partition coefficient (Wildman–Crippen LogP) is 2.54. The number of rotatable bonds is 4. The Morgan fingerprint density at radius 3 is 2.94 bits per heavy atom. The van der Waals surface area contributed by atoms with Gasteiger partial charge in [-0.3, -0.25) is 4.79 Å². The number of fused-ring (bicyclic) bond motifs is 1. The first-order chi connectivity index (χ1) is 8.11. The molecule has 1 aromatic carbocycles. The number of aromatic nitrogens is 1. The highest BCUT2D eigenvalue weighted by Crippen LogP contribution is 2.23. The lowest BCUT2D eigenvalue weighted by Gasteiger charge is -2.11. The summed E-state index contributed by atoms with van der Waals surface area (Å²) in [5.74, 6) is 0.149. The molecule has 1 atom stereocenters. The quantitative estimate of drug-likeness (QED) is 0.876. The number of Topliss-reactive ketones (excluding diaryl/α,β-unsaturated/α-hetero) is 1. The number of aromatic amines is 1. The van der Waals surface area contributed by atoms with Crippen molar-refractivity contribution in [3.8, 4) is 0 Å². The Bertz CT molecular complexity index is 547. The fraction of sp³-hybridized carbons (Fsp3) is 0.308. The smallest absolute Gasteiger partial charge is 0.147 e. The number of hydrogen-bond donors (Lipinski definition) is 2. The van der Waals surface area contributed by atoms with Crippen molar-refractivity contribution in [1.82, 2.24) is 10.3 Å². The van der Waals surface area contributed by atoms with Gasteiger partial charge in [0.2, 0.25) is 0 Å². The lowest BCUT2D eigenvalue weighted by atomic mass is 10.0. The zero-order valence-corrected chi connectivity index (χ0v) is 10.6. The first-order valence-electron chi connectivity index (χ1n) is 5.55. The predicted molar refractivity (Wildman–Crippen MR) is 70.5 cm³/mol. The van der Waals surface area contributed by atoms with Crippen LogP contribution in [0.1, 0.15) is 12.5 Å². The molecular weight excluding hydrogens is 236 g/mol. The number of hydrogen-bond acceptors (Lipinski definition) is 2. The number of halogens is 1. The fourth-order valence-electron chi connectivity index (χ4n) is 2.00. The molecule has 0 saturated heterocycles. The van der Waals surface area contributed by atoms with Crippen LogP contribution in [0.15, 0.2) is 24.4 Å². The van der Waals surface area contributed by atoms with Crippen molar-refractivity contribution < 1.29 is 4.79 Å². The summed E-state index contributed by atoms with van der Waals surface area (Å²) in [4.78, 5) is 14.6. The number of carbonyl (C=O) groups excluding carboxylic acids is 1. The molecule has 0 radical (unpaired) electrons. The van der Waals surface area contributed by atoms with Crippen LogP contribution in [-0.2, 0) is 11.2 Å². The molecule has 0 aliphatic carbocycles. The van der Waals surface area contributed by atoms with Gasteiger partial charge >= 0.3 is 0 Å². The van der Waals surface area contributed by atoms with Crippen LogP contribution in [0.3, 0.4) is 0 Å². The van der Waals surface area contributed by atoms with Gasteiger partial charge in [-0.1, -0.05) is 17.7 Å². The Hall–Kier alpha value is -1.32. The molecule has 0 saturated carbocycles. The van der Waals surface area contributed by atoms with Crippen molar-refractivity contribution in [2.24, 2.45) is 0 Å². The maximum absolute atomic E-state index is 11.4. The highest BCUT2D eigenvalue weighted by molar-refractivity contribution is 6.31. The first kappa shape index (κ1) is 12.1. The van der Waals surface area contributed by atoms with Crippen LogP contribution in [0, 0.1) is 0 Å². The number of benzene rings is 1. The van der Waals surface area contributed by atoms with Crippen LogP contribution < -0.4 is 5.32 Å². The molecule has 2 rings (SSSR count). The van der Waals surface area contributed by atoms with Gasteiger partial charge in [0, 0.05) is 22.1 Å². The summed E-state index contributed by atoms with van der Waals surface area (Å²) in [7, 11) is 1.80. The summed E-state index contributed by atoms with van der Waals surface area (Å²) in [6.07, 6.45) is 2.63. The van der Waals surface area contributed by atoms with E-state index in [0.717, 1.165) is 16.5 Å². The van der Waals surface area contributed by atoms with Crippen LogP contribution in [0.2, 0.25) is 5.02 Å². The molecule has 0 fully saturated rings. The van der Waals surface area contributed by atoms with Gasteiger partial charge in [0.25, 0.3) is 0 Å². The monoisotopic (exact) mass is 250 g/mol. The van der Waals surface area contributed by atoms with Crippen LogP contribution in [0.4, 0.5) is 0 Å². The summed E-state index contributed by atoms with van der Waals surface area (Å²) < 4.78 is 0. The third kappa shape index (κ3) is 2.51. The van der Waals surface area contributed by atoms with Crippen molar-refractivity contribution in [3.05, 3.63) is 35.0 Å². The normalized spacial score (nSPS) is 12.9. The Labute approximate surface area is 105 Å². The van der Waals surface area contributed by atoms with Crippen LogP contribution in [0.5, 0.6) is 0 Å². The van der Waals surface area contributed by atoms with Gasteiger partial charge in [0.1, 0.15) is 5.78 Å². The highest BCUT2D eigenvalue weighted by Gasteiger charge is 2.14. The van der Waals surface area contributed by atoms with E-state index >= 15 is 0 Å². The summed E-state index contributed by atoms with van der Waals surface area (Å²) in [6.45, 7) is 1.60. The molecule has 0 aliphatic rings. The molecule has 4 heteroatoms. The summed E-state index contributed by atoms with van der Waals surface area (Å²) in [6, 6.07) is 5.60. The first-order valence-corrected chi connectivity index (χ1v) is 5.93. The Kier molecular flexibility index (Phi) is 3.50. The van der Waals surface area contributed by atoms with E-state index in [1.54, 1.807) is 14.0 Å². The Morgan fingerprint density at radius 1 is 1.53 bits per heavy atom. The number of H-pyrrole nitrogens is 1. The van der Waals surface area contributed by atoms with E-state index in [1.165, 1.54) is 0 Å². The van der Waals surface area contributed by atoms with Gasteiger partial charge in [-0.15, -0.1) is 0 Å². The molecule has 2 N–H and O–H groups in total. The van der Waals surface area contributed by atoms with Crippen molar-refractivity contribution in [2.75, 3.05) is 7.05 Å². The summed E-state index contributed by atoms with van der Waals surface area (Å²) >= 11 is 5.92. The molecule has 3 nitrogen and oxygen atoms in total. The topological polar surface area (TPSA) is 44.9 Å². The SMILES string of the molecule is CN[C@@H](Cc1c[nH]c2cc(Cl)ccc12)C(C)=O. The molecule has 2 aromatic rings. The number of ketones is 1. The van der Waals surface area contributed by atoms with Crippen molar-refractivity contribution in [1.29, 1.82) is 0 Å². The van der Waals surface area contributed by atoms with Gasteiger partial charge in [-0.05, 0) is 38.1 Å². The number of carbonyl (C=O) groups is 1.